The van der Waals surface area contributed by atoms with Crippen LogP contribution in [0.15, 0.2) is 32.8 Å². The smallest absolute Gasteiger partial charge is 0.259 e. The lowest BCUT2D eigenvalue weighted by molar-refractivity contribution is 0.337. The van der Waals surface area contributed by atoms with Crippen LogP contribution in [0.5, 0.6) is 0 Å². The van der Waals surface area contributed by atoms with E-state index in [4.69, 9.17) is 9.40 Å². The summed E-state index contributed by atoms with van der Waals surface area (Å²) in [6.07, 6.45) is 7.59. The minimum Gasteiger partial charge on any atom is -0.461 e. The molecule has 162 valence electrons. The van der Waals surface area contributed by atoms with E-state index in [1.165, 1.54) is 19.3 Å². The monoisotopic (exact) mass is 455 g/mol. The van der Waals surface area contributed by atoms with Crippen LogP contribution in [0.3, 0.4) is 0 Å². The second-order valence-electron chi connectivity index (χ2n) is 8.12. The normalized spacial score (nSPS) is 16.2. The van der Waals surface area contributed by atoms with Gasteiger partial charge in [0.2, 0.25) is 5.82 Å². The predicted octanol–water partition coefficient (Wildman–Crippen LogP) is 5.81. The molecule has 0 saturated heterocycles. The summed E-state index contributed by atoms with van der Waals surface area (Å²) in [5.74, 6) is 2.17. The van der Waals surface area contributed by atoms with Crippen molar-refractivity contribution in [1.82, 2.24) is 24.7 Å². The number of aromatic nitrogens is 5. The molecule has 4 heterocycles. The fraction of sp³-hybridized carbons (Fsp3) is 0.455. The summed E-state index contributed by atoms with van der Waals surface area (Å²) in [4.78, 5) is 22.4. The molecule has 5 rings (SSSR count). The van der Waals surface area contributed by atoms with E-state index in [0.717, 1.165) is 44.9 Å². The van der Waals surface area contributed by atoms with Crippen LogP contribution in [0.25, 0.3) is 21.8 Å². The van der Waals surface area contributed by atoms with Crippen molar-refractivity contribution in [3.63, 3.8) is 0 Å². The average molecular weight is 456 g/mol. The lowest BCUT2D eigenvalue weighted by Gasteiger charge is -2.25. The third-order valence-electron chi connectivity index (χ3n) is 6.07. The van der Waals surface area contributed by atoms with Gasteiger partial charge in [0.15, 0.2) is 10.9 Å². The summed E-state index contributed by atoms with van der Waals surface area (Å²) < 4.78 is 7.87. The van der Waals surface area contributed by atoms with Crippen LogP contribution in [-0.4, -0.2) is 24.7 Å². The highest BCUT2D eigenvalue weighted by atomic mass is 32.2. The minimum absolute atomic E-state index is 0.0701. The summed E-state index contributed by atoms with van der Waals surface area (Å²) in [5.41, 5.74) is 0.944. The van der Waals surface area contributed by atoms with Crippen LogP contribution < -0.4 is 5.56 Å². The number of thiophene rings is 1. The standard InChI is InChI=1S/C22H25N5O2S2/c1-12-13(2)30-21-17(12)20(28)23-18(24-21)14(3)31-22-26-25-19(16-10-7-11-29-16)27(22)15-8-5-4-6-9-15/h7,10-11,14-15H,4-6,8-9H2,1-3H3,(H,23,24,28). The van der Waals surface area contributed by atoms with Crippen molar-refractivity contribution in [1.29, 1.82) is 0 Å². The molecule has 4 aromatic heterocycles. The fourth-order valence-corrected chi connectivity index (χ4v) is 6.29. The second-order valence-corrected chi connectivity index (χ2v) is 10.6. The quantitative estimate of drug-likeness (QED) is 0.382. The van der Waals surface area contributed by atoms with E-state index < -0.39 is 0 Å². The molecule has 1 atom stereocenters. The van der Waals surface area contributed by atoms with Crippen LogP contribution >= 0.6 is 23.1 Å². The Morgan fingerprint density at radius 3 is 2.81 bits per heavy atom. The van der Waals surface area contributed by atoms with Gasteiger partial charge in [-0.3, -0.25) is 9.36 Å². The Kier molecular flexibility index (Phi) is 5.47. The van der Waals surface area contributed by atoms with Gasteiger partial charge in [0.1, 0.15) is 10.7 Å². The van der Waals surface area contributed by atoms with Crippen LogP contribution in [0, 0.1) is 13.8 Å². The van der Waals surface area contributed by atoms with E-state index in [1.54, 1.807) is 29.4 Å². The van der Waals surface area contributed by atoms with Crippen LogP contribution in [0.2, 0.25) is 0 Å². The highest BCUT2D eigenvalue weighted by Crippen LogP contribution is 2.40. The number of hydrogen-bond acceptors (Lipinski definition) is 7. The Morgan fingerprint density at radius 1 is 1.26 bits per heavy atom. The third-order valence-corrected chi connectivity index (χ3v) is 8.24. The van der Waals surface area contributed by atoms with Crippen molar-refractivity contribution >= 4 is 33.3 Å². The summed E-state index contributed by atoms with van der Waals surface area (Å²) in [5, 5.41) is 10.5. The first-order chi connectivity index (χ1) is 15.0. The first-order valence-corrected chi connectivity index (χ1v) is 12.4. The Morgan fingerprint density at radius 2 is 2.06 bits per heavy atom. The van der Waals surface area contributed by atoms with Crippen LogP contribution in [-0.2, 0) is 0 Å². The molecule has 0 bridgehead atoms. The van der Waals surface area contributed by atoms with Gasteiger partial charge in [0.25, 0.3) is 5.56 Å². The summed E-state index contributed by atoms with van der Waals surface area (Å²) >= 11 is 3.16. The Hall–Kier alpha value is -2.39. The molecule has 1 unspecified atom stereocenters. The van der Waals surface area contributed by atoms with E-state index in [9.17, 15) is 4.79 Å². The van der Waals surface area contributed by atoms with Crippen molar-refractivity contribution in [2.45, 2.75) is 69.3 Å². The molecule has 0 spiro atoms. The van der Waals surface area contributed by atoms with Crippen molar-refractivity contribution in [2.24, 2.45) is 0 Å². The molecule has 1 aliphatic rings. The van der Waals surface area contributed by atoms with E-state index >= 15 is 0 Å². The van der Waals surface area contributed by atoms with Crippen molar-refractivity contribution in [3.8, 4) is 11.6 Å². The molecular formula is C22H25N5O2S2. The number of nitrogens with one attached hydrogen (secondary N) is 1. The Bertz CT molecular complexity index is 1270. The molecule has 1 aliphatic carbocycles. The van der Waals surface area contributed by atoms with Crippen molar-refractivity contribution < 1.29 is 4.42 Å². The lowest BCUT2D eigenvalue weighted by Crippen LogP contribution is -2.16. The highest BCUT2D eigenvalue weighted by molar-refractivity contribution is 7.99. The largest absolute Gasteiger partial charge is 0.461 e. The average Bonchev–Trinajstić information content (AvgIpc) is 3.48. The van der Waals surface area contributed by atoms with Crippen molar-refractivity contribution in [2.75, 3.05) is 0 Å². The number of nitrogens with zero attached hydrogens (tertiary/aromatic N) is 4. The maximum Gasteiger partial charge on any atom is 0.259 e. The SMILES string of the molecule is Cc1sc2nc(C(C)Sc3nnc(-c4ccco4)n3C3CCCCC3)[nH]c(=O)c2c1C. The first kappa shape index (κ1) is 20.5. The van der Waals surface area contributed by atoms with Gasteiger partial charge in [0, 0.05) is 10.9 Å². The zero-order valence-electron chi connectivity index (χ0n) is 17.8. The molecule has 1 N–H and O–H groups in total. The summed E-state index contributed by atoms with van der Waals surface area (Å²) in [7, 11) is 0. The van der Waals surface area contributed by atoms with Gasteiger partial charge in [0.05, 0.1) is 16.9 Å². The molecule has 0 amide bonds. The molecule has 9 heteroatoms. The van der Waals surface area contributed by atoms with Gasteiger partial charge in [-0.25, -0.2) is 4.98 Å². The molecular weight excluding hydrogens is 430 g/mol. The third kappa shape index (κ3) is 3.74. The van der Waals surface area contributed by atoms with Gasteiger partial charge >= 0.3 is 0 Å². The van der Waals surface area contributed by atoms with Gasteiger partial charge in [-0.2, -0.15) is 0 Å². The highest BCUT2D eigenvalue weighted by Gasteiger charge is 2.27. The topological polar surface area (TPSA) is 89.6 Å². The fourth-order valence-electron chi connectivity index (χ4n) is 4.28. The van der Waals surface area contributed by atoms with Crippen LogP contribution in [0.4, 0.5) is 0 Å². The number of aromatic amines is 1. The van der Waals surface area contributed by atoms with Gasteiger partial charge < -0.3 is 9.40 Å². The molecule has 0 aromatic carbocycles. The Balaban J connectivity index is 1.51. The molecule has 31 heavy (non-hydrogen) atoms. The number of aryl methyl sites for hydroxylation is 2. The molecule has 1 fully saturated rings. The number of rotatable bonds is 5. The predicted molar refractivity (Wildman–Crippen MR) is 124 cm³/mol. The maximum atomic E-state index is 12.7. The van der Waals surface area contributed by atoms with E-state index in [2.05, 4.69) is 26.7 Å². The molecule has 1 saturated carbocycles. The Labute approximate surface area is 188 Å². The molecule has 0 aliphatic heterocycles. The van der Waals surface area contributed by atoms with E-state index in [1.807, 2.05) is 26.0 Å². The number of hydrogen-bond donors (Lipinski definition) is 1. The van der Waals surface area contributed by atoms with Gasteiger partial charge in [-0.15, -0.1) is 21.5 Å². The van der Waals surface area contributed by atoms with Gasteiger partial charge in [-0.05, 0) is 51.3 Å². The lowest BCUT2D eigenvalue weighted by atomic mass is 9.95. The van der Waals surface area contributed by atoms with Crippen molar-refractivity contribution in [3.05, 3.63) is 45.0 Å². The summed E-state index contributed by atoms with van der Waals surface area (Å²) in [6, 6.07) is 4.16. The number of H-pyrrole nitrogens is 1. The maximum absolute atomic E-state index is 12.7. The zero-order chi connectivity index (χ0) is 21.5. The van der Waals surface area contributed by atoms with E-state index in [0.29, 0.717) is 17.3 Å². The summed E-state index contributed by atoms with van der Waals surface area (Å²) in [6.45, 7) is 6.06. The molecule has 7 nitrogen and oxygen atoms in total. The minimum atomic E-state index is -0.0733. The van der Waals surface area contributed by atoms with E-state index in [-0.39, 0.29) is 10.8 Å². The zero-order valence-corrected chi connectivity index (χ0v) is 19.5. The number of thioether (sulfide) groups is 1. The number of furan rings is 1. The molecule has 4 aromatic rings. The van der Waals surface area contributed by atoms with Crippen LogP contribution in [0.1, 0.15) is 66.6 Å². The second kappa shape index (κ2) is 8.27. The number of fused-ring (bicyclic) bond motifs is 1. The van der Waals surface area contributed by atoms with Gasteiger partial charge in [-0.1, -0.05) is 31.0 Å². The first-order valence-electron chi connectivity index (χ1n) is 10.7. The molecule has 0 radical (unpaired) electrons.